The molecule has 0 spiro atoms. The van der Waals surface area contributed by atoms with Gasteiger partial charge in [0.25, 0.3) is 11.8 Å². The number of hydrogen-bond acceptors (Lipinski definition) is 5. The first-order chi connectivity index (χ1) is 17.8. The Kier molecular flexibility index (Phi) is 9.50. The van der Waals surface area contributed by atoms with Crippen LogP contribution in [0.3, 0.4) is 0 Å². The zero-order valence-electron chi connectivity index (χ0n) is 21.2. The van der Waals surface area contributed by atoms with Crippen molar-refractivity contribution in [2.24, 2.45) is 0 Å². The summed E-state index contributed by atoms with van der Waals surface area (Å²) in [6, 6.07) is 10.2. The highest BCUT2D eigenvalue weighted by Gasteiger charge is 2.34. The second-order valence-corrected chi connectivity index (χ2v) is 10.2. The molecule has 204 valence electrons. The number of thioether (sulfide) groups is 1. The number of carbonyl (C=O) groups is 2. The lowest BCUT2D eigenvalue weighted by molar-refractivity contribution is -0.141. The van der Waals surface area contributed by atoms with Gasteiger partial charge in [0.15, 0.2) is 5.69 Å². The van der Waals surface area contributed by atoms with Crippen molar-refractivity contribution < 1.29 is 27.9 Å². The smallest absolute Gasteiger partial charge is 0.386 e. The van der Waals surface area contributed by atoms with Crippen molar-refractivity contribution in [1.82, 2.24) is 15.1 Å². The number of anilines is 1. The minimum absolute atomic E-state index is 0.0668. The molecule has 1 aromatic heterocycles. The second kappa shape index (κ2) is 12.2. The van der Waals surface area contributed by atoms with Crippen molar-refractivity contribution in [2.45, 2.75) is 45.6 Å². The molecule has 2 amide bonds. The van der Waals surface area contributed by atoms with Gasteiger partial charge in [0.1, 0.15) is 0 Å². The molecule has 0 fully saturated rings. The highest BCUT2D eigenvalue weighted by molar-refractivity contribution is 7.98. The molecule has 0 saturated heterocycles. The first-order valence-corrected chi connectivity index (χ1v) is 13.4. The van der Waals surface area contributed by atoms with Crippen molar-refractivity contribution in [3.05, 3.63) is 81.1 Å². The van der Waals surface area contributed by atoms with Gasteiger partial charge in [-0.15, -0.1) is 0 Å². The third-order valence-corrected chi connectivity index (χ3v) is 6.93. The number of aliphatic hydroxyl groups excluding tert-OH is 1. The Labute approximate surface area is 227 Å². The van der Waals surface area contributed by atoms with Gasteiger partial charge in [0.05, 0.1) is 28.8 Å². The predicted octanol–water partition coefficient (Wildman–Crippen LogP) is 5.64. The molecule has 2 atom stereocenters. The third-order valence-electron chi connectivity index (χ3n) is 5.78. The van der Waals surface area contributed by atoms with Gasteiger partial charge in [-0.3, -0.25) is 14.3 Å². The molecule has 38 heavy (non-hydrogen) atoms. The van der Waals surface area contributed by atoms with Crippen LogP contribution >= 0.6 is 23.4 Å². The fourth-order valence-electron chi connectivity index (χ4n) is 3.86. The van der Waals surface area contributed by atoms with Crippen molar-refractivity contribution in [2.75, 3.05) is 17.3 Å². The maximum atomic E-state index is 13.1. The molecule has 0 aliphatic rings. The van der Waals surface area contributed by atoms with E-state index in [1.165, 1.54) is 19.1 Å². The second-order valence-electron chi connectivity index (χ2n) is 8.89. The molecule has 0 radical (unpaired) electrons. The summed E-state index contributed by atoms with van der Waals surface area (Å²) in [4.78, 5) is 26.0. The largest absolute Gasteiger partial charge is 0.435 e. The molecule has 1 heterocycles. The molecule has 7 nitrogen and oxygen atoms in total. The van der Waals surface area contributed by atoms with Crippen LogP contribution < -0.4 is 10.6 Å². The Hall–Kier alpha value is -3.02. The van der Waals surface area contributed by atoms with Crippen LogP contribution in [-0.4, -0.2) is 44.8 Å². The van der Waals surface area contributed by atoms with Crippen molar-refractivity contribution in [3.63, 3.8) is 0 Å². The predicted molar refractivity (Wildman–Crippen MR) is 143 cm³/mol. The van der Waals surface area contributed by atoms with Crippen LogP contribution in [0, 0.1) is 13.8 Å². The number of alkyl halides is 3. The number of aryl methyl sites for hydroxylation is 2. The van der Waals surface area contributed by atoms with E-state index in [2.05, 4.69) is 15.7 Å². The van der Waals surface area contributed by atoms with Crippen LogP contribution in [0.2, 0.25) is 5.02 Å². The van der Waals surface area contributed by atoms with Gasteiger partial charge in [-0.25, -0.2) is 0 Å². The summed E-state index contributed by atoms with van der Waals surface area (Å²) < 4.78 is 39.9. The molecule has 0 aliphatic carbocycles. The average Bonchev–Trinajstić information content (AvgIpc) is 3.20. The van der Waals surface area contributed by atoms with Gasteiger partial charge in [0, 0.05) is 23.2 Å². The number of aromatic nitrogens is 2. The average molecular weight is 569 g/mol. The maximum Gasteiger partial charge on any atom is 0.435 e. The van der Waals surface area contributed by atoms with E-state index in [-0.39, 0.29) is 34.4 Å². The summed E-state index contributed by atoms with van der Waals surface area (Å²) in [5.41, 5.74) is 0.883. The van der Waals surface area contributed by atoms with Crippen molar-refractivity contribution >= 4 is 40.9 Å². The molecule has 3 aromatic rings. The van der Waals surface area contributed by atoms with Gasteiger partial charge >= 0.3 is 6.18 Å². The van der Waals surface area contributed by atoms with Crippen LogP contribution in [0.15, 0.2) is 42.5 Å². The summed E-state index contributed by atoms with van der Waals surface area (Å²) in [5.74, 6) is -0.308. The van der Waals surface area contributed by atoms with Gasteiger partial charge in [-0.1, -0.05) is 29.8 Å². The van der Waals surface area contributed by atoms with Crippen LogP contribution in [0.5, 0.6) is 0 Å². The Morgan fingerprint density at radius 2 is 1.87 bits per heavy atom. The first kappa shape index (κ1) is 29.5. The van der Waals surface area contributed by atoms with E-state index >= 15 is 0 Å². The zero-order chi connectivity index (χ0) is 28.2. The summed E-state index contributed by atoms with van der Waals surface area (Å²) >= 11 is 7.86. The quantitative estimate of drug-likeness (QED) is 0.310. The molecule has 12 heteroatoms. The van der Waals surface area contributed by atoms with E-state index in [9.17, 15) is 27.9 Å². The Bertz CT molecular complexity index is 1330. The van der Waals surface area contributed by atoms with Crippen LogP contribution in [0.1, 0.15) is 56.3 Å². The van der Waals surface area contributed by atoms with E-state index < -0.39 is 29.8 Å². The van der Waals surface area contributed by atoms with Crippen LogP contribution in [-0.2, 0) is 12.7 Å². The van der Waals surface area contributed by atoms with E-state index in [4.69, 9.17) is 11.6 Å². The van der Waals surface area contributed by atoms with E-state index in [0.29, 0.717) is 22.6 Å². The fourth-order valence-corrected chi connectivity index (χ4v) is 4.70. The summed E-state index contributed by atoms with van der Waals surface area (Å²) in [7, 11) is 0. The molecule has 0 aliphatic heterocycles. The maximum absolute atomic E-state index is 13.1. The molecule has 2 aromatic carbocycles. The number of benzene rings is 2. The summed E-state index contributed by atoms with van der Waals surface area (Å²) in [6.45, 7) is 4.87. The zero-order valence-corrected chi connectivity index (χ0v) is 22.8. The third kappa shape index (κ3) is 7.09. The number of carbonyl (C=O) groups excluding carboxylic acids is 2. The molecule has 1 unspecified atom stereocenters. The highest BCUT2D eigenvalue weighted by Crippen LogP contribution is 2.30. The number of hydrogen-bond donors (Lipinski definition) is 3. The Morgan fingerprint density at radius 3 is 2.47 bits per heavy atom. The summed E-state index contributed by atoms with van der Waals surface area (Å²) in [6.07, 6.45) is -3.79. The minimum Gasteiger partial charge on any atom is -0.386 e. The molecule has 0 bridgehead atoms. The molecular weight excluding hydrogens is 541 g/mol. The van der Waals surface area contributed by atoms with Crippen LogP contribution in [0.4, 0.5) is 18.9 Å². The van der Waals surface area contributed by atoms with E-state index in [0.717, 1.165) is 10.7 Å². The SMILES string of the molecule is CSC[C@H](C)NC(=O)c1c(Cl)cccc1C(=O)Nc1ccc(C(O)Cn2nc(C(F)(F)F)cc2C)cc1C. The van der Waals surface area contributed by atoms with Gasteiger partial charge in [-0.2, -0.15) is 30.0 Å². The lowest BCUT2D eigenvalue weighted by Crippen LogP contribution is -2.35. The fraction of sp³-hybridized carbons (Fsp3) is 0.346. The molecule has 0 saturated carbocycles. The van der Waals surface area contributed by atoms with Gasteiger partial charge in [0.2, 0.25) is 0 Å². The number of rotatable bonds is 9. The van der Waals surface area contributed by atoms with E-state index in [1.54, 1.807) is 43.0 Å². The number of amides is 2. The van der Waals surface area contributed by atoms with Gasteiger partial charge in [-0.05, 0) is 62.4 Å². The highest BCUT2D eigenvalue weighted by atomic mass is 35.5. The van der Waals surface area contributed by atoms with Crippen LogP contribution in [0.25, 0.3) is 0 Å². The normalized spacial score (nSPS) is 13.2. The summed E-state index contributed by atoms with van der Waals surface area (Å²) in [5, 5.41) is 19.9. The lowest BCUT2D eigenvalue weighted by Gasteiger charge is -2.17. The van der Waals surface area contributed by atoms with Gasteiger partial charge < -0.3 is 15.7 Å². The number of nitrogens with one attached hydrogen (secondary N) is 2. The lowest BCUT2D eigenvalue weighted by atomic mass is 10.0. The topological polar surface area (TPSA) is 96.3 Å². The van der Waals surface area contributed by atoms with Crippen molar-refractivity contribution in [3.8, 4) is 0 Å². The molecule has 3 N–H and O–H groups in total. The van der Waals surface area contributed by atoms with E-state index in [1.807, 2.05) is 13.2 Å². The molecule has 3 rings (SSSR count). The standard InChI is InChI=1S/C26H28ClF3N4O3S/c1-14-10-17(21(35)12-34-16(3)11-22(33-34)26(28,29)30)8-9-20(14)32-24(36)18-6-5-7-19(27)23(18)25(37)31-15(2)13-38-4/h5-11,15,21,35H,12-13H2,1-4H3,(H,31,37)(H,32,36)/t15-,21?/m0/s1. The Balaban J connectivity index is 1.77. The minimum atomic E-state index is -4.58. The number of halogens is 4. The number of aliphatic hydroxyl groups is 1. The molecular formula is C26H28ClF3N4O3S. The number of nitrogens with zero attached hydrogens (tertiary/aromatic N) is 2. The Morgan fingerprint density at radius 1 is 1.16 bits per heavy atom. The first-order valence-electron chi connectivity index (χ1n) is 11.6. The monoisotopic (exact) mass is 568 g/mol. The van der Waals surface area contributed by atoms with Crippen molar-refractivity contribution in [1.29, 1.82) is 0 Å².